The van der Waals surface area contributed by atoms with Gasteiger partial charge in [-0.3, -0.25) is 0 Å². The van der Waals surface area contributed by atoms with Gasteiger partial charge in [0.05, 0.1) is 13.2 Å². The molecule has 0 aromatic rings. The molecule has 142 valence electrons. The third kappa shape index (κ3) is 9.84. The maximum Gasteiger partial charge on any atom is 0.165 e. The van der Waals surface area contributed by atoms with Gasteiger partial charge in [-0.1, -0.05) is 65.0 Å². The smallest absolute Gasteiger partial charge is 0.165 e. The van der Waals surface area contributed by atoms with Crippen molar-refractivity contribution in [1.29, 1.82) is 0 Å². The first kappa shape index (κ1) is 21.7. The van der Waals surface area contributed by atoms with Gasteiger partial charge in [-0.25, -0.2) is 0 Å². The second kappa shape index (κ2) is 11.3. The zero-order valence-electron chi connectivity index (χ0n) is 17.2. The van der Waals surface area contributed by atoms with Crippen LogP contribution in [0.25, 0.3) is 0 Å². The molecule has 24 heavy (non-hydrogen) atoms. The Labute approximate surface area is 151 Å². The van der Waals surface area contributed by atoms with E-state index < -0.39 is 0 Å². The normalized spacial score (nSPS) is 26.8. The fourth-order valence-electron chi connectivity index (χ4n) is 3.30. The number of hydrogen-bond donors (Lipinski definition) is 0. The van der Waals surface area contributed by atoms with Gasteiger partial charge in [0.1, 0.15) is 0 Å². The summed E-state index contributed by atoms with van der Waals surface area (Å²) in [6.07, 6.45) is 12.5. The largest absolute Gasteiger partial charge is 0.350 e. The topological polar surface area (TPSA) is 18.5 Å². The van der Waals surface area contributed by atoms with Crippen molar-refractivity contribution in [2.45, 2.75) is 98.7 Å². The van der Waals surface area contributed by atoms with E-state index in [2.05, 4.69) is 47.6 Å². The lowest BCUT2D eigenvalue weighted by Crippen LogP contribution is -2.40. The molecule has 2 heteroatoms. The Kier molecular flexibility index (Phi) is 10.2. The summed E-state index contributed by atoms with van der Waals surface area (Å²) in [5, 5.41) is 0. The zero-order valence-corrected chi connectivity index (χ0v) is 17.2. The molecular formula is C22H42O2. The summed E-state index contributed by atoms with van der Waals surface area (Å²) in [5.41, 5.74) is 1.53. The minimum absolute atomic E-state index is 0.367. The highest BCUT2D eigenvalue weighted by Crippen LogP contribution is 2.26. The van der Waals surface area contributed by atoms with E-state index in [4.69, 9.17) is 9.47 Å². The van der Waals surface area contributed by atoms with Crippen molar-refractivity contribution in [3.8, 4) is 0 Å². The SMILES string of the molecule is CC(=CCCC1(C)OCC(C)CO1)CCCC(C)CCCC(C)C. The average Bonchev–Trinajstić information content (AvgIpc) is 2.50. The second-order valence-electron chi connectivity index (χ2n) is 8.77. The Bertz CT molecular complexity index is 351. The van der Waals surface area contributed by atoms with Crippen LogP contribution >= 0.6 is 0 Å². The first-order chi connectivity index (χ1) is 11.3. The molecule has 0 saturated carbocycles. The van der Waals surface area contributed by atoms with Crippen LogP contribution < -0.4 is 0 Å². The van der Waals surface area contributed by atoms with Crippen molar-refractivity contribution in [1.82, 2.24) is 0 Å². The highest BCUT2D eigenvalue weighted by molar-refractivity contribution is 4.98. The van der Waals surface area contributed by atoms with Crippen molar-refractivity contribution in [3.63, 3.8) is 0 Å². The summed E-state index contributed by atoms with van der Waals surface area (Å²) in [7, 11) is 0. The van der Waals surface area contributed by atoms with E-state index in [0.717, 1.165) is 37.9 Å². The van der Waals surface area contributed by atoms with Crippen LogP contribution in [0.15, 0.2) is 11.6 Å². The van der Waals surface area contributed by atoms with E-state index in [9.17, 15) is 0 Å². The van der Waals surface area contributed by atoms with Crippen LogP contribution in [0.2, 0.25) is 0 Å². The van der Waals surface area contributed by atoms with Crippen LogP contribution in [0.5, 0.6) is 0 Å². The molecule has 1 rings (SSSR count). The van der Waals surface area contributed by atoms with Crippen LogP contribution in [-0.2, 0) is 9.47 Å². The second-order valence-corrected chi connectivity index (χ2v) is 8.77. The average molecular weight is 339 g/mol. The Hall–Kier alpha value is -0.340. The molecule has 0 N–H and O–H groups in total. The first-order valence-electron chi connectivity index (χ1n) is 10.2. The predicted octanol–water partition coefficient (Wildman–Crippen LogP) is 6.74. The molecule has 0 amide bonds. The van der Waals surface area contributed by atoms with Gasteiger partial charge in [-0.15, -0.1) is 0 Å². The van der Waals surface area contributed by atoms with E-state index in [-0.39, 0.29) is 5.79 Å². The molecule has 1 unspecified atom stereocenters. The Morgan fingerprint density at radius 3 is 2.33 bits per heavy atom. The molecule has 2 nitrogen and oxygen atoms in total. The van der Waals surface area contributed by atoms with Gasteiger partial charge in [0.2, 0.25) is 0 Å². The van der Waals surface area contributed by atoms with Crippen molar-refractivity contribution in [2.75, 3.05) is 13.2 Å². The summed E-state index contributed by atoms with van der Waals surface area (Å²) in [4.78, 5) is 0. The Morgan fingerprint density at radius 1 is 1.08 bits per heavy atom. The highest BCUT2D eigenvalue weighted by Gasteiger charge is 2.30. The maximum atomic E-state index is 5.87. The molecule has 0 spiro atoms. The predicted molar refractivity (Wildman–Crippen MR) is 104 cm³/mol. The molecule has 1 saturated heterocycles. The van der Waals surface area contributed by atoms with Gasteiger partial charge in [0.25, 0.3) is 0 Å². The highest BCUT2D eigenvalue weighted by atomic mass is 16.7. The van der Waals surface area contributed by atoms with Crippen molar-refractivity contribution in [2.24, 2.45) is 17.8 Å². The molecule has 0 bridgehead atoms. The number of rotatable bonds is 11. The first-order valence-corrected chi connectivity index (χ1v) is 10.2. The molecular weight excluding hydrogens is 296 g/mol. The van der Waals surface area contributed by atoms with Gasteiger partial charge in [-0.2, -0.15) is 0 Å². The summed E-state index contributed by atoms with van der Waals surface area (Å²) < 4.78 is 11.7. The van der Waals surface area contributed by atoms with Crippen molar-refractivity contribution in [3.05, 3.63) is 11.6 Å². The Balaban J connectivity index is 2.11. The van der Waals surface area contributed by atoms with E-state index in [0.29, 0.717) is 5.92 Å². The zero-order chi connectivity index (χ0) is 18.0. The fraction of sp³-hybridized carbons (Fsp3) is 0.909. The van der Waals surface area contributed by atoms with Crippen LogP contribution in [0, 0.1) is 17.8 Å². The number of hydrogen-bond acceptors (Lipinski definition) is 2. The molecule has 1 aliphatic rings. The third-order valence-corrected chi connectivity index (χ3v) is 5.18. The van der Waals surface area contributed by atoms with Crippen molar-refractivity contribution >= 4 is 0 Å². The van der Waals surface area contributed by atoms with Crippen LogP contribution in [0.1, 0.15) is 92.9 Å². The maximum absolute atomic E-state index is 5.87. The lowest BCUT2D eigenvalue weighted by atomic mass is 9.94. The molecule has 0 aliphatic carbocycles. The van der Waals surface area contributed by atoms with Gasteiger partial charge < -0.3 is 9.47 Å². The quantitative estimate of drug-likeness (QED) is 0.388. The molecule has 0 radical (unpaired) electrons. The molecule has 1 atom stereocenters. The van der Waals surface area contributed by atoms with Crippen LogP contribution in [-0.4, -0.2) is 19.0 Å². The lowest BCUT2D eigenvalue weighted by Gasteiger charge is -2.36. The summed E-state index contributed by atoms with van der Waals surface area (Å²) in [5.74, 6) is 1.89. The molecule has 0 aromatic carbocycles. The van der Waals surface area contributed by atoms with Crippen LogP contribution in [0.3, 0.4) is 0 Å². The minimum Gasteiger partial charge on any atom is -0.350 e. The summed E-state index contributed by atoms with van der Waals surface area (Å²) >= 11 is 0. The molecule has 0 aromatic heterocycles. The van der Waals surface area contributed by atoms with E-state index in [1.165, 1.54) is 44.1 Å². The molecule has 1 aliphatic heterocycles. The van der Waals surface area contributed by atoms with E-state index >= 15 is 0 Å². The Morgan fingerprint density at radius 2 is 1.71 bits per heavy atom. The third-order valence-electron chi connectivity index (χ3n) is 5.18. The fourth-order valence-corrected chi connectivity index (χ4v) is 3.30. The van der Waals surface area contributed by atoms with E-state index in [1.54, 1.807) is 0 Å². The minimum atomic E-state index is -0.367. The molecule has 1 heterocycles. The van der Waals surface area contributed by atoms with Gasteiger partial charge in [0, 0.05) is 12.3 Å². The molecule has 1 fully saturated rings. The van der Waals surface area contributed by atoms with Crippen molar-refractivity contribution < 1.29 is 9.47 Å². The lowest BCUT2D eigenvalue weighted by molar-refractivity contribution is -0.273. The van der Waals surface area contributed by atoms with Gasteiger partial charge in [0.15, 0.2) is 5.79 Å². The van der Waals surface area contributed by atoms with Gasteiger partial charge >= 0.3 is 0 Å². The standard InChI is InChI=1S/C22H42O2/c1-18(2)10-7-11-19(3)12-8-13-20(4)14-9-15-22(6)23-16-21(5)17-24-22/h14,18-19,21H,7-13,15-17H2,1-6H3. The van der Waals surface area contributed by atoms with E-state index in [1.807, 2.05) is 0 Å². The summed E-state index contributed by atoms with van der Waals surface area (Å²) in [6, 6.07) is 0. The number of ether oxygens (including phenoxy) is 2. The monoisotopic (exact) mass is 338 g/mol. The number of allylic oxidation sites excluding steroid dienone is 2. The van der Waals surface area contributed by atoms with Crippen LogP contribution in [0.4, 0.5) is 0 Å². The van der Waals surface area contributed by atoms with Gasteiger partial charge in [-0.05, 0) is 44.9 Å². The summed E-state index contributed by atoms with van der Waals surface area (Å²) in [6.45, 7) is 15.2.